The first-order chi connectivity index (χ1) is 15.5. The summed E-state index contributed by atoms with van der Waals surface area (Å²) in [5.74, 6) is 0.910. The second-order valence-electron chi connectivity index (χ2n) is 7.20. The van der Waals surface area contributed by atoms with Crippen LogP contribution in [0.5, 0.6) is 11.5 Å². The Morgan fingerprint density at radius 1 is 1.03 bits per heavy atom. The second kappa shape index (κ2) is 9.47. The first kappa shape index (κ1) is 21.9. The van der Waals surface area contributed by atoms with Gasteiger partial charge in [-0.05, 0) is 47.9 Å². The van der Waals surface area contributed by atoms with E-state index >= 15 is 0 Å². The minimum atomic E-state index is -0.267. The van der Waals surface area contributed by atoms with Crippen molar-refractivity contribution >= 4 is 40.0 Å². The van der Waals surface area contributed by atoms with Crippen molar-refractivity contribution in [2.45, 2.75) is 13.3 Å². The lowest BCUT2D eigenvalue weighted by atomic mass is 9.97. The number of amides is 1. The third-order valence-corrected chi connectivity index (χ3v) is 5.76. The number of hydrogen-bond acceptors (Lipinski definition) is 4. The van der Waals surface area contributed by atoms with Gasteiger partial charge in [0.2, 0.25) is 5.91 Å². The van der Waals surface area contributed by atoms with Crippen LogP contribution in [0.2, 0.25) is 10.0 Å². The molecule has 1 aromatic heterocycles. The predicted octanol–water partition coefficient (Wildman–Crippen LogP) is 6.24. The fourth-order valence-corrected chi connectivity index (χ4v) is 4.09. The van der Waals surface area contributed by atoms with E-state index in [1.165, 1.54) is 6.92 Å². The van der Waals surface area contributed by atoms with Crippen molar-refractivity contribution in [3.8, 4) is 22.6 Å². The molecule has 0 aliphatic carbocycles. The number of hydroxylamine groups is 1. The summed E-state index contributed by atoms with van der Waals surface area (Å²) in [6.45, 7) is 1.39. The summed E-state index contributed by atoms with van der Waals surface area (Å²) in [4.78, 5) is 20.6. The number of methoxy groups -OCH3 is 1. The van der Waals surface area contributed by atoms with Gasteiger partial charge in [0.05, 0.1) is 17.2 Å². The minimum Gasteiger partial charge on any atom is -0.494 e. The maximum atomic E-state index is 11.0. The van der Waals surface area contributed by atoms with E-state index < -0.39 is 0 Å². The van der Waals surface area contributed by atoms with E-state index in [-0.39, 0.29) is 5.91 Å². The number of pyridine rings is 1. The maximum absolute atomic E-state index is 11.0. The normalized spacial score (nSPS) is 10.8. The van der Waals surface area contributed by atoms with Gasteiger partial charge in [-0.2, -0.15) is 5.48 Å². The molecule has 0 saturated heterocycles. The number of rotatable bonds is 6. The zero-order valence-corrected chi connectivity index (χ0v) is 19.0. The number of ether oxygens (including phenoxy) is 1. The van der Waals surface area contributed by atoms with Gasteiger partial charge < -0.3 is 9.57 Å². The lowest BCUT2D eigenvalue weighted by molar-refractivity contribution is -0.125. The molecule has 0 bridgehead atoms. The average molecular weight is 467 g/mol. The summed E-state index contributed by atoms with van der Waals surface area (Å²) < 4.78 is 5.71. The molecule has 0 atom stereocenters. The van der Waals surface area contributed by atoms with Crippen LogP contribution in [0, 0.1) is 0 Å². The Kier molecular flexibility index (Phi) is 6.49. The van der Waals surface area contributed by atoms with Gasteiger partial charge in [-0.1, -0.05) is 53.5 Å². The third kappa shape index (κ3) is 4.49. The van der Waals surface area contributed by atoms with Gasteiger partial charge in [-0.3, -0.25) is 9.78 Å². The van der Waals surface area contributed by atoms with Gasteiger partial charge in [0.15, 0.2) is 11.5 Å². The van der Waals surface area contributed by atoms with Crippen molar-refractivity contribution in [2.24, 2.45) is 0 Å². The van der Waals surface area contributed by atoms with Crippen molar-refractivity contribution in [1.82, 2.24) is 10.5 Å². The molecule has 1 heterocycles. The number of carbonyl (C=O) groups is 1. The Morgan fingerprint density at radius 3 is 2.53 bits per heavy atom. The molecule has 4 rings (SSSR count). The minimum absolute atomic E-state index is 0.267. The summed E-state index contributed by atoms with van der Waals surface area (Å²) in [6, 6.07) is 18.9. The molecule has 5 nitrogen and oxygen atoms in total. The van der Waals surface area contributed by atoms with E-state index in [4.69, 9.17) is 32.8 Å². The number of halogens is 2. The van der Waals surface area contributed by atoms with Crippen molar-refractivity contribution in [1.29, 1.82) is 0 Å². The molecule has 3 aromatic carbocycles. The summed E-state index contributed by atoms with van der Waals surface area (Å²) in [5.41, 5.74) is 6.60. The van der Waals surface area contributed by atoms with Crippen LogP contribution in [0.4, 0.5) is 0 Å². The van der Waals surface area contributed by atoms with Crippen molar-refractivity contribution in [2.75, 3.05) is 7.11 Å². The van der Waals surface area contributed by atoms with E-state index in [1.54, 1.807) is 25.4 Å². The molecule has 32 heavy (non-hydrogen) atoms. The average Bonchev–Trinajstić information content (AvgIpc) is 2.80. The number of benzene rings is 3. The molecule has 1 N–H and O–H groups in total. The Hall–Kier alpha value is -3.28. The molecule has 0 spiro atoms. The molecule has 0 fully saturated rings. The van der Waals surface area contributed by atoms with Gasteiger partial charge >= 0.3 is 0 Å². The monoisotopic (exact) mass is 466 g/mol. The quantitative estimate of drug-likeness (QED) is 0.341. The first-order valence-corrected chi connectivity index (χ1v) is 10.6. The number of aromatic nitrogens is 1. The second-order valence-corrected chi connectivity index (χ2v) is 7.98. The molecule has 0 unspecified atom stereocenters. The molecule has 0 aliphatic heterocycles. The zero-order chi connectivity index (χ0) is 22.7. The van der Waals surface area contributed by atoms with Crippen LogP contribution in [0.25, 0.3) is 22.0 Å². The van der Waals surface area contributed by atoms with E-state index in [0.717, 1.165) is 27.6 Å². The van der Waals surface area contributed by atoms with E-state index in [9.17, 15) is 4.79 Å². The van der Waals surface area contributed by atoms with Crippen LogP contribution < -0.4 is 15.1 Å². The van der Waals surface area contributed by atoms with Gasteiger partial charge in [-0.25, -0.2) is 0 Å². The van der Waals surface area contributed by atoms with E-state index in [1.807, 2.05) is 48.5 Å². The van der Waals surface area contributed by atoms with Crippen LogP contribution in [0.1, 0.15) is 18.1 Å². The zero-order valence-electron chi connectivity index (χ0n) is 17.5. The largest absolute Gasteiger partial charge is 0.494 e. The molecule has 162 valence electrons. The number of carbonyl (C=O) groups excluding carboxylic acids is 1. The van der Waals surface area contributed by atoms with Gasteiger partial charge in [0.25, 0.3) is 0 Å². The predicted molar refractivity (Wildman–Crippen MR) is 127 cm³/mol. The summed E-state index contributed by atoms with van der Waals surface area (Å²) in [6.07, 6.45) is 2.33. The Labute approximate surface area is 195 Å². The number of fused-ring (bicyclic) bond motifs is 1. The highest BCUT2D eigenvalue weighted by Crippen LogP contribution is 2.43. The lowest BCUT2D eigenvalue weighted by Gasteiger charge is -2.16. The topological polar surface area (TPSA) is 60.5 Å². The first-order valence-electron chi connectivity index (χ1n) is 9.89. The molecule has 0 aliphatic rings. The summed E-state index contributed by atoms with van der Waals surface area (Å²) in [7, 11) is 1.61. The van der Waals surface area contributed by atoms with E-state index in [2.05, 4.69) is 10.5 Å². The van der Waals surface area contributed by atoms with E-state index in [0.29, 0.717) is 33.5 Å². The molecule has 0 radical (unpaired) electrons. The lowest BCUT2D eigenvalue weighted by Crippen LogP contribution is -2.23. The Bertz CT molecular complexity index is 1290. The maximum Gasteiger partial charge on any atom is 0.249 e. The van der Waals surface area contributed by atoms with Crippen LogP contribution in [-0.2, 0) is 11.2 Å². The molecule has 7 heteroatoms. The highest BCUT2D eigenvalue weighted by atomic mass is 35.5. The molecular weight excluding hydrogens is 447 g/mol. The molecule has 1 amide bonds. The Balaban J connectivity index is 1.69. The van der Waals surface area contributed by atoms with Crippen molar-refractivity contribution in [3.05, 3.63) is 88.0 Å². The summed E-state index contributed by atoms with van der Waals surface area (Å²) in [5, 5.41) is 2.03. The van der Waals surface area contributed by atoms with Crippen LogP contribution in [0.3, 0.4) is 0 Å². The highest BCUT2D eigenvalue weighted by molar-refractivity contribution is 6.37. The Morgan fingerprint density at radius 2 is 1.81 bits per heavy atom. The number of nitrogens with zero attached hydrogens (tertiary/aromatic N) is 1. The summed E-state index contributed by atoms with van der Waals surface area (Å²) >= 11 is 13.4. The molecular formula is C25H20Cl2N2O3. The third-order valence-electron chi connectivity index (χ3n) is 5.00. The molecule has 0 saturated carbocycles. The molecule has 4 aromatic rings. The number of hydrogen-bond donors (Lipinski definition) is 1. The fraction of sp³-hybridized carbons (Fsp3) is 0.120. The van der Waals surface area contributed by atoms with Gasteiger partial charge in [0, 0.05) is 29.6 Å². The van der Waals surface area contributed by atoms with Crippen LogP contribution >= 0.6 is 23.2 Å². The van der Waals surface area contributed by atoms with Crippen LogP contribution in [-0.4, -0.2) is 18.0 Å². The number of nitrogens with one attached hydrogen (secondary N) is 1. The SMILES string of the molecule is COc1c(-c2cccc(Cc3ccc(ONC(C)=O)cc3)c2Cl)cc(Cl)c2cccnc12. The van der Waals surface area contributed by atoms with Crippen molar-refractivity contribution < 1.29 is 14.4 Å². The van der Waals surface area contributed by atoms with Crippen LogP contribution in [0.15, 0.2) is 66.9 Å². The van der Waals surface area contributed by atoms with Gasteiger partial charge in [-0.15, -0.1) is 0 Å². The van der Waals surface area contributed by atoms with Crippen molar-refractivity contribution in [3.63, 3.8) is 0 Å². The standard InChI is InChI=1S/C25H20Cl2N2O3/c1-15(30)29-32-18-10-8-16(9-11-18)13-17-5-3-6-19(23(17)27)21-14-22(26)20-7-4-12-28-24(20)25(21)31-2/h3-12,14H,13H2,1-2H3,(H,29,30). The fourth-order valence-electron chi connectivity index (χ4n) is 3.53. The smallest absolute Gasteiger partial charge is 0.249 e. The highest BCUT2D eigenvalue weighted by Gasteiger charge is 2.18. The van der Waals surface area contributed by atoms with Gasteiger partial charge in [0.1, 0.15) is 5.52 Å².